The molecule has 0 heterocycles. The number of nitrogens with one attached hydrogen (secondary N) is 1. The van der Waals surface area contributed by atoms with Crippen LogP contribution in [-0.2, 0) is 4.79 Å². The average Bonchev–Trinajstić information content (AvgIpc) is 3.21. The molecule has 0 aliphatic heterocycles. The zero-order valence-corrected chi connectivity index (χ0v) is 12.5. The maximum Gasteiger partial charge on any atom is 0.317 e. The average molecular weight is 282 g/mol. The summed E-state index contributed by atoms with van der Waals surface area (Å²) in [6.07, 6.45) is 6.74. The number of carboxylic acids is 1. The molecule has 0 aromatic heterocycles. The molecule has 0 radical (unpaired) electrons. The first-order valence-corrected chi connectivity index (χ1v) is 7.74. The number of carbonyl (C=O) groups is 2. The third kappa shape index (κ3) is 3.87. The number of aliphatic carboxylic acids is 1. The minimum Gasteiger partial charge on any atom is -0.481 e. The summed E-state index contributed by atoms with van der Waals surface area (Å²) < 4.78 is 0. The van der Waals surface area contributed by atoms with Gasteiger partial charge in [0.2, 0.25) is 0 Å². The van der Waals surface area contributed by atoms with Crippen LogP contribution in [0.3, 0.4) is 0 Å². The predicted molar refractivity (Wildman–Crippen MR) is 76.5 cm³/mol. The van der Waals surface area contributed by atoms with Crippen molar-refractivity contribution in [1.82, 2.24) is 10.2 Å². The van der Waals surface area contributed by atoms with Gasteiger partial charge in [-0.1, -0.05) is 19.8 Å². The largest absolute Gasteiger partial charge is 0.481 e. The van der Waals surface area contributed by atoms with Crippen LogP contribution in [-0.4, -0.2) is 41.1 Å². The van der Waals surface area contributed by atoms with E-state index in [4.69, 9.17) is 5.11 Å². The molecule has 20 heavy (non-hydrogen) atoms. The van der Waals surface area contributed by atoms with E-state index in [0.717, 1.165) is 19.3 Å². The molecule has 0 saturated heterocycles. The fraction of sp³-hybridized carbons (Fsp3) is 0.867. The molecule has 3 unspecified atom stereocenters. The molecule has 3 atom stereocenters. The van der Waals surface area contributed by atoms with Gasteiger partial charge in [0, 0.05) is 19.1 Å². The molecule has 0 aromatic rings. The molecule has 0 spiro atoms. The lowest BCUT2D eigenvalue weighted by molar-refractivity contribution is -0.137. The van der Waals surface area contributed by atoms with Crippen LogP contribution in [0.1, 0.15) is 51.9 Å². The Morgan fingerprint density at radius 2 is 1.90 bits per heavy atom. The van der Waals surface area contributed by atoms with Crippen LogP contribution in [0.15, 0.2) is 0 Å². The Hall–Kier alpha value is -1.26. The molecule has 2 aliphatic carbocycles. The van der Waals surface area contributed by atoms with Crippen molar-refractivity contribution >= 4 is 12.0 Å². The van der Waals surface area contributed by atoms with Gasteiger partial charge in [-0.05, 0) is 37.5 Å². The second kappa shape index (κ2) is 6.46. The monoisotopic (exact) mass is 282 g/mol. The van der Waals surface area contributed by atoms with E-state index in [0.29, 0.717) is 11.8 Å². The first kappa shape index (κ1) is 15.1. The van der Waals surface area contributed by atoms with E-state index in [1.165, 1.54) is 19.3 Å². The molecule has 0 aromatic carbocycles. The van der Waals surface area contributed by atoms with Gasteiger partial charge in [-0.15, -0.1) is 0 Å². The van der Waals surface area contributed by atoms with E-state index < -0.39 is 5.97 Å². The quantitative estimate of drug-likeness (QED) is 0.813. The minimum absolute atomic E-state index is 0.0322. The van der Waals surface area contributed by atoms with Crippen molar-refractivity contribution in [2.45, 2.75) is 64.0 Å². The number of nitrogens with zero attached hydrogens (tertiary/aromatic N) is 1. The number of hydrogen-bond acceptors (Lipinski definition) is 2. The van der Waals surface area contributed by atoms with E-state index in [2.05, 4.69) is 12.2 Å². The molecular weight excluding hydrogens is 256 g/mol. The van der Waals surface area contributed by atoms with Crippen molar-refractivity contribution in [3.63, 3.8) is 0 Å². The van der Waals surface area contributed by atoms with Gasteiger partial charge in [-0.2, -0.15) is 0 Å². The van der Waals surface area contributed by atoms with Crippen molar-refractivity contribution < 1.29 is 14.7 Å². The predicted octanol–water partition coefficient (Wildman–Crippen LogP) is 2.46. The molecule has 2 amide bonds. The molecule has 5 nitrogen and oxygen atoms in total. The van der Waals surface area contributed by atoms with Gasteiger partial charge in [-0.3, -0.25) is 4.79 Å². The molecule has 114 valence electrons. The van der Waals surface area contributed by atoms with Gasteiger partial charge >= 0.3 is 12.0 Å². The summed E-state index contributed by atoms with van der Waals surface area (Å²) in [6.45, 7) is 2.20. The van der Waals surface area contributed by atoms with Crippen LogP contribution in [0.4, 0.5) is 4.79 Å². The topological polar surface area (TPSA) is 69.6 Å². The highest BCUT2D eigenvalue weighted by Crippen LogP contribution is 2.34. The van der Waals surface area contributed by atoms with Gasteiger partial charge in [-0.25, -0.2) is 4.79 Å². The lowest BCUT2D eigenvalue weighted by Crippen LogP contribution is -2.50. The fourth-order valence-corrected chi connectivity index (χ4v) is 3.31. The first-order valence-electron chi connectivity index (χ1n) is 7.74. The third-order valence-electron chi connectivity index (χ3n) is 4.78. The van der Waals surface area contributed by atoms with Crippen molar-refractivity contribution in [2.75, 3.05) is 7.05 Å². The van der Waals surface area contributed by atoms with E-state index >= 15 is 0 Å². The Bertz CT molecular complexity index is 368. The van der Waals surface area contributed by atoms with Crippen LogP contribution in [0.25, 0.3) is 0 Å². The van der Waals surface area contributed by atoms with Gasteiger partial charge in [0.25, 0.3) is 0 Å². The lowest BCUT2D eigenvalue weighted by Gasteiger charge is -2.37. The summed E-state index contributed by atoms with van der Waals surface area (Å²) in [7, 11) is 1.84. The van der Waals surface area contributed by atoms with E-state index in [1.807, 2.05) is 7.05 Å². The highest BCUT2D eigenvalue weighted by molar-refractivity contribution is 5.76. The number of hydrogen-bond donors (Lipinski definition) is 2. The van der Waals surface area contributed by atoms with Gasteiger partial charge in [0.1, 0.15) is 0 Å². The summed E-state index contributed by atoms with van der Waals surface area (Å²) in [6, 6.07) is -0.0309. The van der Waals surface area contributed by atoms with Crippen molar-refractivity contribution in [3.8, 4) is 0 Å². The smallest absolute Gasteiger partial charge is 0.317 e. The third-order valence-corrected chi connectivity index (χ3v) is 4.78. The lowest BCUT2D eigenvalue weighted by atomic mass is 9.85. The normalized spacial score (nSPS) is 27.7. The zero-order valence-electron chi connectivity index (χ0n) is 12.5. The number of carboxylic acid groups (broad SMARTS) is 1. The number of urea groups is 1. The molecular formula is C15H26N2O3. The SMILES string of the molecule is CC1CCCCC1N(C)C(=O)NC(CC(=O)O)C1CC1. The minimum atomic E-state index is -0.837. The Kier molecular flexibility index (Phi) is 4.89. The first-order chi connectivity index (χ1) is 9.49. The van der Waals surface area contributed by atoms with E-state index in [1.54, 1.807) is 4.90 Å². The maximum absolute atomic E-state index is 12.3. The van der Waals surface area contributed by atoms with Crippen molar-refractivity contribution in [1.29, 1.82) is 0 Å². The zero-order chi connectivity index (χ0) is 14.7. The number of amides is 2. The van der Waals surface area contributed by atoms with Crippen molar-refractivity contribution in [3.05, 3.63) is 0 Å². The molecule has 2 saturated carbocycles. The standard InChI is InChI=1S/C15H26N2O3/c1-10-5-3-4-6-13(10)17(2)15(20)16-12(9-14(18)19)11-7-8-11/h10-13H,3-9H2,1-2H3,(H,16,20)(H,18,19). The summed E-state index contributed by atoms with van der Waals surface area (Å²) in [5.41, 5.74) is 0. The fourth-order valence-electron chi connectivity index (χ4n) is 3.31. The Balaban J connectivity index is 1.90. The number of rotatable bonds is 5. The highest BCUT2D eigenvalue weighted by Gasteiger charge is 2.35. The van der Waals surface area contributed by atoms with E-state index in [9.17, 15) is 9.59 Å². The van der Waals surface area contributed by atoms with Crippen LogP contribution < -0.4 is 5.32 Å². The van der Waals surface area contributed by atoms with Crippen molar-refractivity contribution in [2.24, 2.45) is 11.8 Å². The van der Waals surface area contributed by atoms with Gasteiger partial charge in [0.15, 0.2) is 0 Å². The second-order valence-corrected chi connectivity index (χ2v) is 6.43. The molecule has 5 heteroatoms. The highest BCUT2D eigenvalue weighted by atomic mass is 16.4. The molecule has 0 bridgehead atoms. The number of carbonyl (C=O) groups excluding carboxylic acids is 1. The summed E-state index contributed by atoms with van der Waals surface area (Å²) in [5, 5.41) is 11.9. The molecule has 2 fully saturated rings. The van der Waals surface area contributed by atoms with Gasteiger partial charge < -0.3 is 15.3 Å². The van der Waals surface area contributed by atoms with Crippen LogP contribution in [0.2, 0.25) is 0 Å². The molecule has 2 aliphatic rings. The van der Waals surface area contributed by atoms with E-state index in [-0.39, 0.29) is 24.5 Å². The Morgan fingerprint density at radius 3 is 2.45 bits per heavy atom. The summed E-state index contributed by atoms with van der Waals surface area (Å²) in [4.78, 5) is 25.0. The summed E-state index contributed by atoms with van der Waals surface area (Å²) in [5.74, 6) is 0.0430. The second-order valence-electron chi connectivity index (χ2n) is 6.43. The Morgan fingerprint density at radius 1 is 1.25 bits per heavy atom. The van der Waals surface area contributed by atoms with Gasteiger partial charge in [0.05, 0.1) is 6.42 Å². The Labute approximate surface area is 120 Å². The molecule has 2 rings (SSSR count). The maximum atomic E-state index is 12.3. The molecule has 2 N–H and O–H groups in total. The van der Waals surface area contributed by atoms with Crippen LogP contribution >= 0.6 is 0 Å². The van der Waals surface area contributed by atoms with Crippen LogP contribution in [0.5, 0.6) is 0 Å². The van der Waals surface area contributed by atoms with Crippen LogP contribution in [0, 0.1) is 11.8 Å². The summed E-state index contributed by atoms with van der Waals surface area (Å²) >= 11 is 0.